The highest BCUT2D eigenvalue weighted by Crippen LogP contribution is 2.18. The van der Waals surface area contributed by atoms with E-state index >= 15 is 0 Å². The fraction of sp³-hybridized carbons (Fsp3) is 0.278. The molecule has 0 aromatic heterocycles. The molecule has 6 nitrogen and oxygen atoms in total. The molecule has 0 aliphatic heterocycles. The molecule has 0 aliphatic carbocycles. The van der Waals surface area contributed by atoms with Crippen LogP contribution in [0.15, 0.2) is 48.5 Å². The van der Waals surface area contributed by atoms with Gasteiger partial charge in [-0.25, -0.2) is 0 Å². The number of hydrogen-bond acceptors (Lipinski definition) is 5. The quantitative estimate of drug-likeness (QED) is 0.497. The number of hydrogen-bond donors (Lipinski definition) is 1. The monoisotopic (exact) mass is 332 g/mol. The molecule has 0 saturated carbocycles. The van der Waals surface area contributed by atoms with Gasteiger partial charge in [-0.1, -0.05) is 26.0 Å². The minimum atomic E-state index is -0.411. The van der Waals surface area contributed by atoms with Crippen LogP contribution in [-0.2, 0) is 11.4 Å². The van der Waals surface area contributed by atoms with Gasteiger partial charge in [-0.05, 0) is 36.8 Å². The predicted octanol–water partition coefficient (Wildman–Crippen LogP) is 4.45. The minimum Gasteiger partial charge on any atom is -0.489 e. The molecule has 0 spiro atoms. The van der Waals surface area contributed by atoms with E-state index in [2.05, 4.69) is 5.32 Å². The van der Waals surface area contributed by atoms with E-state index in [1.165, 1.54) is 19.1 Å². The van der Waals surface area contributed by atoms with Gasteiger partial charge < -0.3 is 14.8 Å². The normalized spacial score (nSPS) is 8.67. The molecule has 1 N–H and O–H groups in total. The summed E-state index contributed by atoms with van der Waals surface area (Å²) < 4.78 is 5.58. The number of benzene rings is 2. The summed E-state index contributed by atoms with van der Waals surface area (Å²) >= 11 is 0. The van der Waals surface area contributed by atoms with Crippen LogP contribution in [0.5, 0.6) is 5.75 Å². The average molecular weight is 332 g/mol. The SMILES string of the molecule is CC.CC=O.CNc1ccc(OCc2cccc([N+](=O)[O-])c2)cc1. The van der Waals surface area contributed by atoms with Crippen molar-refractivity contribution in [1.29, 1.82) is 0 Å². The zero-order valence-electron chi connectivity index (χ0n) is 14.5. The molecule has 0 amide bonds. The third-order valence-corrected chi connectivity index (χ3v) is 2.67. The van der Waals surface area contributed by atoms with Crippen LogP contribution in [-0.4, -0.2) is 18.3 Å². The Kier molecular flexibility index (Phi) is 11.1. The lowest BCUT2D eigenvalue weighted by atomic mass is 10.2. The van der Waals surface area contributed by atoms with Gasteiger partial charge in [0.2, 0.25) is 0 Å². The first-order valence-electron chi connectivity index (χ1n) is 7.64. The first-order valence-corrected chi connectivity index (χ1v) is 7.64. The lowest BCUT2D eigenvalue weighted by Gasteiger charge is -2.07. The summed E-state index contributed by atoms with van der Waals surface area (Å²) in [5, 5.41) is 13.7. The number of nitrogens with zero attached hydrogens (tertiary/aromatic N) is 1. The van der Waals surface area contributed by atoms with Crippen LogP contribution in [0.1, 0.15) is 26.3 Å². The zero-order valence-corrected chi connectivity index (χ0v) is 14.5. The van der Waals surface area contributed by atoms with Gasteiger partial charge in [0.15, 0.2) is 0 Å². The van der Waals surface area contributed by atoms with Crippen LogP contribution >= 0.6 is 0 Å². The Morgan fingerprint density at radius 3 is 2.25 bits per heavy atom. The van der Waals surface area contributed by atoms with Crippen molar-refractivity contribution in [3.05, 3.63) is 64.2 Å². The summed E-state index contributed by atoms with van der Waals surface area (Å²) in [6.45, 7) is 5.75. The van der Waals surface area contributed by atoms with E-state index in [1.807, 2.05) is 45.2 Å². The maximum atomic E-state index is 10.7. The largest absolute Gasteiger partial charge is 0.489 e. The van der Waals surface area contributed by atoms with E-state index in [9.17, 15) is 10.1 Å². The number of nitrogens with one attached hydrogen (secondary N) is 1. The molecule has 0 saturated heterocycles. The van der Waals surface area contributed by atoms with Crippen LogP contribution in [0.25, 0.3) is 0 Å². The predicted molar refractivity (Wildman–Crippen MR) is 96.5 cm³/mol. The summed E-state index contributed by atoms with van der Waals surface area (Å²) in [4.78, 5) is 19.0. The highest BCUT2D eigenvalue weighted by atomic mass is 16.6. The summed E-state index contributed by atoms with van der Waals surface area (Å²) in [5.74, 6) is 0.727. The molecule has 0 aliphatic rings. The fourth-order valence-electron chi connectivity index (χ4n) is 1.64. The molecule has 2 rings (SSSR count). The Balaban J connectivity index is 0.000000952. The van der Waals surface area contributed by atoms with Crippen LogP contribution in [0, 0.1) is 10.1 Å². The highest BCUT2D eigenvalue weighted by Gasteiger charge is 2.05. The molecule has 0 unspecified atom stereocenters. The van der Waals surface area contributed by atoms with Crippen molar-refractivity contribution < 1.29 is 14.5 Å². The van der Waals surface area contributed by atoms with Gasteiger partial charge in [0, 0.05) is 24.9 Å². The zero-order chi connectivity index (χ0) is 18.4. The van der Waals surface area contributed by atoms with Gasteiger partial charge >= 0.3 is 0 Å². The van der Waals surface area contributed by atoms with Crippen molar-refractivity contribution in [2.75, 3.05) is 12.4 Å². The number of rotatable bonds is 5. The molecule has 130 valence electrons. The van der Waals surface area contributed by atoms with Crippen molar-refractivity contribution >= 4 is 17.7 Å². The smallest absolute Gasteiger partial charge is 0.269 e. The molecule has 2 aromatic carbocycles. The molecule has 0 atom stereocenters. The van der Waals surface area contributed by atoms with E-state index in [0.29, 0.717) is 6.61 Å². The molecular weight excluding hydrogens is 308 g/mol. The van der Waals surface area contributed by atoms with Gasteiger partial charge in [-0.15, -0.1) is 0 Å². The number of nitro benzene ring substituents is 1. The number of ether oxygens (including phenoxy) is 1. The summed E-state index contributed by atoms with van der Waals surface area (Å²) in [6, 6.07) is 13.9. The summed E-state index contributed by atoms with van der Waals surface area (Å²) in [5.41, 5.74) is 1.85. The Morgan fingerprint density at radius 2 is 1.75 bits per heavy atom. The first kappa shape index (κ1) is 21.1. The molecule has 0 bridgehead atoms. The van der Waals surface area contributed by atoms with Crippen molar-refractivity contribution in [3.63, 3.8) is 0 Å². The second-order valence-electron chi connectivity index (χ2n) is 4.23. The summed E-state index contributed by atoms with van der Waals surface area (Å²) in [6.07, 6.45) is 0.750. The van der Waals surface area contributed by atoms with Crippen LogP contribution in [0.2, 0.25) is 0 Å². The Bertz CT molecular complexity index is 613. The number of carbonyl (C=O) groups is 1. The van der Waals surface area contributed by atoms with Gasteiger partial charge in [0.05, 0.1) is 4.92 Å². The van der Waals surface area contributed by atoms with E-state index in [-0.39, 0.29) is 5.69 Å². The topological polar surface area (TPSA) is 81.5 Å². The lowest BCUT2D eigenvalue weighted by Crippen LogP contribution is -1.97. The molecular formula is C18H24N2O4. The van der Waals surface area contributed by atoms with Crippen LogP contribution in [0.3, 0.4) is 0 Å². The van der Waals surface area contributed by atoms with Crippen molar-refractivity contribution in [1.82, 2.24) is 0 Å². The second-order valence-corrected chi connectivity index (χ2v) is 4.23. The maximum absolute atomic E-state index is 10.7. The van der Waals surface area contributed by atoms with Gasteiger partial charge in [0.1, 0.15) is 18.6 Å². The third-order valence-electron chi connectivity index (χ3n) is 2.67. The molecule has 6 heteroatoms. The fourth-order valence-corrected chi connectivity index (χ4v) is 1.64. The third kappa shape index (κ3) is 7.93. The Labute approximate surface area is 142 Å². The van der Waals surface area contributed by atoms with E-state index in [4.69, 9.17) is 9.53 Å². The van der Waals surface area contributed by atoms with Crippen molar-refractivity contribution in [2.45, 2.75) is 27.4 Å². The minimum absolute atomic E-state index is 0.0756. The number of carbonyl (C=O) groups excluding carboxylic acids is 1. The first-order chi connectivity index (χ1) is 11.6. The lowest BCUT2D eigenvalue weighted by molar-refractivity contribution is -0.384. The second kappa shape index (κ2) is 12.6. The molecule has 2 aromatic rings. The van der Waals surface area contributed by atoms with Crippen LogP contribution in [0.4, 0.5) is 11.4 Å². The summed E-state index contributed by atoms with van der Waals surface area (Å²) in [7, 11) is 1.85. The number of nitro groups is 1. The Morgan fingerprint density at radius 1 is 1.17 bits per heavy atom. The van der Waals surface area contributed by atoms with E-state index < -0.39 is 4.92 Å². The molecule has 0 radical (unpaired) electrons. The standard InChI is InChI=1S/C14H14N2O3.C2H4O.C2H6/c1-15-12-5-7-14(8-6-12)19-10-11-3-2-4-13(9-11)16(17)18;1-2-3;1-2/h2-9,15H,10H2,1H3;2H,1H3;1-2H3. The molecule has 0 fully saturated rings. The van der Waals surface area contributed by atoms with Crippen molar-refractivity contribution in [2.24, 2.45) is 0 Å². The van der Waals surface area contributed by atoms with E-state index in [1.54, 1.807) is 12.1 Å². The highest BCUT2D eigenvalue weighted by molar-refractivity contribution is 5.45. The number of aldehydes is 1. The average Bonchev–Trinajstić information content (AvgIpc) is 2.63. The van der Waals surface area contributed by atoms with Gasteiger partial charge in [0.25, 0.3) is 5.69 Å². The molecule has 0 heterocycles. The molecule has 24 heavy (non-hydrogen) atoms. The van der Waals surface area contributed by atoms with Gasteiger partial charge in [-0.2, -0.15) is 0 Å². The maximum Gasteiger partial charge on any atom is 0.269 e. The number of anilines is 1. The van der Waals surface area contributed by atoms with Crippen LogP contribution < -0.4 is 10.1 Å². The Hall–Kier alpha value is -2.89. The van der Waals surface area contributed by atoms with E-state index in [0.717, 1.165) is 23.3 Å². The van der Waals surface area contributed by atoms with Crippen molar-refractivity contribution in [3.8, 4) is 5.75 Å². The van der Waals surface area contributed by atoms with Gasteiger partial charge in [-0.3, -0.25) is 10.1 Å². The number of non-ortho nitro benzene ring substituents is 1.